The van der Waals surface area contributed by atoms with Crippen LogP contribution in [0.25, 0.3) is 0 Å². The highest BCUT2D eigenvalue weighted by Crippen LogP contribution is 2.21. The lowest BCUT2D eigenvalue weighted by atomic mass is 9.85. The van der Waals surface area contributed by atoms with Gasteiger partial charge in [0.25, 0.3) is 0 Å². The monoisotopic (exact) mass is 388 g/mol. The van der Waals surface area contributed by atoms with E-state index in [1.165, 1.54) is 5.56 Å². The van der Waals surface area contributed by atoms with Gasteiger partial charge in [0, 0.05) is 25.6 Å². The molecular weight excluding hydrogens is 356 g/mol. The Kier molecular flexibility index (Phi) is 8.16. The molecule has 0 fully saturated rings. The van der Waals surface area contributed by atoms with E-state index in [1.54, 1.807) is 0 Å². The molecule has 0 aliphatic rings. The zero-order chi connectivity index (χ0) is 19.7. The molecule has 0 unspecified atom stereocenters. The predicted octanol–water partition coefficient (Wildman–Crippen LogP) is 2.89. The van der Waals surface area contributed by atoms with Gasteiger partial charge >= 0.3 is 0 Å². The van der Waals surface area contributed by atoms with Gasteiger partial charge in [0.2, 0.25) is 0 Å². The molecule has 0 atom stereocenters. The van der Waals surface area contributed by atoms with Crippen LogP contribution in [0.1, 0.15) is 37.5 Å². The first kappa shape index (κ1) is 21.3. The van der Waals surface area contributed by atoms with Crippen molar-refractivity contribution in [2.45, 2.75) is 39.2 Å². The number of aromatic nitrogens is 3. The molecule has 0 spiro atoms. The van der Waals surface area contributed by atoms with Crippen LogP contribution < -0.4 is 10.6 Å². The summed E-state index contributed by atoms with van der Waals surface area (Å²) in [5.41, 5.74) is 1.31. The Morgan fingerprint density at radius 1 is 1.19 bits per heavy atom. The van der Waals surface area contributed by atoms with Gasteiger partial charge < -0.3 is 15.2 Å². The highest BCUT2D eigenvalue weighted by molar-refractivity contribution is 7.98. The number of aryl methyl sites for hydroxylation is 1. The van der Waals surface area contributed by atoms with Gasteiger partial charge in [-0.25, -0.2) is 4.99 Å². The third kappa shape index (κ3) is 6.57. The Labute approximate surface area is 167 Å². The third-order valence-electron chi connectivity index (χ3n) is 4.63. The minimum absolute atomic E-state index is 0.00431. The summed E-state index contributed by atoms with van der Waals surface area (Å²) < 4.78 is 1.97. The van der Waals surface area contributed by atoms with Crippen LogP contribution in [0.3, 0.4) is 0 Å². The van der Waals surface area contributed by atoms with Crippen molar-refractivity contribution in [3.8, 4) is 0 Å². The molecule has 1 aromatic carbocycles. The average molecular weight is 389 g/mol. The van der Waals surface area contributed by atoms with Gasteiger partial charge in [-0.15, -0.1) is 10.2 Å². The molecule has 0 amide bonds. The normalized spacial score (nSPS) is 12.3. The van der Waals surface area contributed by atoms with Crippen molar-refractivity contribution >= 4 is 17.7 Å². The summed E-state index contributed by atoms with van der Waals surface area (Å²) in [6, 6.07) is 10.6. The number of nitrogens with one attached hydrogen (secondary N) is 2. The van der Waals surface area contributed by atoms with E-state index in [1.807, 2.05) is 30.3 Å². The number of rotatable bonds is 9. The van der Waals surface area contributed by atoms with Crippen molar-refractivity contribution in [3.05, 3.63) is 47.5 Å². The van der Waals surface area contributed by atoms with Crippen molar-refractivity contribution < 1.29 is 0 Å². The van der Waals surface area contributed by atoms with Crippen LogP contribution >= 0.6 is 11.8 Å². The second kappa shape index (κ2) is 10.3. The number of thioether (sulfide) groups is 1. The Morgan fingerprint density at radius 3 is 2.56 bits per heavy atom. The fraction of sp³-hybridized carbons (Fsp3) is 0.550. The van der Waals surface area contributed by atoms with Crippen molar-refractivity contribution in [1.29, 1.82) is 0 Å². The quantitative estimate of drug-likeness (QED) is 0.393. The first-order valence-corrected chi connectivity index (χ1v) is 10.7. The summed E-state index contributed by atoms with van der Waals surface area (Å²) in [5.74, 6) is 3.71. The second-order valence-electron chi connectivity index (χ2n) is 7.26. The van der Waals surface area contributed by atoms with E-state index in [0.29, 0.717) is 6.54 Å². The van der Waals surface area contributed by atoms with Crippen LogP contribution in [0, 0.1) is 6.92 Å². The molecule has 0 aliphatic heterocycles. The SMILES string of the molecule is CSCCCNC(=NCc1nnc(C)n1C)NCC(C)(C)c1ccccc1. The van der Waals surface area contributed by atoms with E-state index >= 15 is 0 Å². The van der Waals surface area contributed by atoms with Gasteiger partial charge in [-0.2, -0.15) is 11.8 Å². The molecule has 1 heterocycles. The largest absolute Gasteiger partial charge is 0.356 e. The molecule has 0 bridgehead atoms. The molecule has 2 N–H and O–H groups in total. The van der Waals surface area contributed by atoms with E-state index in [4.69, 9.17) is 4.99 Å². The molecule has 0 saturated heterocycles. The maximum Gasteiger partial charge on any atom is 0.191 e. The van der Waals surface area contributed by atoms with Crippen molar-refractivity contribution in [2.24, 2.45) is 12.0 Å². The van der Waals surface area contributed by atoms with E-state index in [-0.39, 0.29) is 5.41 Å². The summed E-state index contributed by atoms with van der Waals surface area (Å²) in [6.07, 6.45) is 3.24. The highest BCUT2D eigenvalue weighted by Gasteiger charge is 2.20. The molecule has 148 valence electrons. The fourth-order valence-electron chi connectivity index (χ4n) is 2.63. The fourth-order valence-corrected chi connectivity index (χ4v) is 3.07. The van der Waals surface area contributed by atoms with Crippen molar-refractivity contribution in [2.75, 3.05) is 25.1 Å². The van der Waals surface area contributed by atoms with E-state index in [2.05, 4.69) is 71.3 Å². The number of hydrogen-bond donors (Lipinski definition) is 2. The van der Waals surface area contributed by atoms with Crippen LogP contribution in [-0.4, -0.2) is 45.8 Å². The zero-order valence-corrected chi connectivity index (χ0v) is 17.9. The molecule has 0 aliphatic carbocycles. The van der Waals surface area contributed by atoms with Gasteiger partial charge in [-0.3, -0.25) is 0 Å². The number of aliphatic imine (C=N–C) groups is 1. The van der Waals surface area contributed by atoms with E-state index in [0.717, 1.165) is 42.9 Å². The predicted molar refractivity (Wildman–Crippen MR) is 115 cm³/mol. The molecular formula is C20H32N6S. The lowest BCUT2D eigenvalue weighted by Crippen LogP contribution is -2.44. The van der Waals surface area contributed by atoms with Crippen molar-refractivity contribution in [3.63, 3.8) is 0 Å². The van der Waals surface area contributed by atoms with Crippen LogP contribution in [-0.2, 0) is 19.0 Å². The van der Waals surface area contributed by atoms with Gasteiger partial charge in [0.05, 0.1) is 0 Å². The molecule has 0 radical (unpaired) electrons. The van der Waals surface area contributed by atoms with E-state index < -0.39 is 0 Å². The average Bonchev–Trinajstić information content (AvgIpc) is 2.99. The van der Waals surface area contributed by atoms with E-state index in [9.17, 15) is 0 Å². The number of nitrogens with zero attached hydrogens (tertiary/aromatic N) is 4. The zero-order valence-electron chi connectivity index (χ0n) is 17.1. The maximum atomic E-state index is 4.73. The maximum absolute atomic E-state index is 4.73. The van der Waals surface area contributed by atoms with Crippen LogP contribution in [0.4, 0.5) is 0 Å². The van der Waals surface area contributed by atoms with Crippen LogP contribution in [0.2, 0.25) is 0 Å². The lowest BCUT2D eigenvalue weighted by Gasteiger charge is -2.27. The minimum Gasteiger partial charge on any atom is -0.356 e. The highest BCUT2D eigenvalue weighted by atomic mass is 32.2. The molecule has 2 rings (SSSR count). The lowest BCUT2D eigenvalue weighted by molar-refractivity contribution is 0.508. The number of hydrogen-bond acceptors (Lipinski definition) is 4. The Balaban J connectivity index is 2.02. The Hall–Kier alpha value is -2.02. The summed E-state index contributed by atoms with van der Waals surface area (Å²) in [7, 11) is 1.97. The number of guanidine groups is 1. The summed E-state index contributed by atoms with van der Waals surface area (Å²) in [6.45, 7) is 8.63. The van der Waals surface area contributed by atoms with Crippen LogP contribution in [0.5, 0.6) is 0 Å². The Bertz CT molecular complexity index is 723. The van der Waals surface area contributed by atoms with Gasteiger partial charge in [0.15, 0.2) is 11.8 Å². The molecule has 6 nitrogen and oxygen atoms in total. The standard InChI is InChI=1S/C20H32N6S/c1-16-24-25-18(26(16)4)14-22-19(21-12-9-13-27-5)23-15-20(2,3)17-10-7-6-8-11-17/h6-8,10-11H,9,12-15H2,1-5H3,(H2,21,22,23). The summed E-state index contributed by atoms with van der Waals surface area (Å²) in [5, 5.41) is 15.3. The molecule has 1 aromatic heterocycles. The van der Waals surface area contributed by atoms with Gasteiger partial charge in [0.1, 0.15) is 12.4 Å². The third-order valence-corrected chi connectivity index (χ3v) is 5.33. The van der Waals surface area contributed by atoms with Gasteiger partial charge in [-0.05, 0) is 30.9 Å². The number of benzene rings is 1. The molecule has 27 heavy (non-hydrogen) atoms. The Morgan fingerprint density at radius 2 is 1.93 bits per heavy atom. The first-order chi connectivity index (χ1) is 12.9. The molecule has 7 heteroatoms. The molecule has 0 saturated carbocycles. The van der Waals surface area contributed by atoms with Gasteiger partial charge in [-0.1, -0.05) is 44.2 Å². The smallest absolute Gasteiger partial charge is 0.191 e. The van der Waals surface area contributed by atoms with Crippen LogP contribution in [0.15, 0.2) is 35.3 Å². The topological polar surface area (TPSA) is 67.1 Å². The summed E-state index contributed by atoms with van der Waals surface area (Å²) >= 11 is 1.86. The van der Waals surface area contributed by atoms with Crippen molar-refractivity contribution in [1.82, 2.24) is 25.4 Å². The molecule has 2 aromatic rings. The minimum atomic E-state index is 0.00431. The second-order valence-corrected chi connectivity index (χ2v) is 8.25. The first-order valence-electron chi connectivity index (χ1n) is 9.35. The summed E-state index contributed by atoms with van der Waals surface area (Å²) in [4.78, 5) is 4.73.